The quantitative estimate of drug-likeness (QED) is 0.367. The van der Waals surface area contributed by atoms with Gasteiger partial charge in [0.25, 0.3) is 0 Å². The summed E-state index contributed by atoms with van der Waals surface area (Å²) in [4.78, 5) is 11.6. The lowest BCUT2D eigenvalue weighted by molar-refractivity contribution is 0.187. The molecule has 0 aliphatic heterocycles. The van der Waals surface area contributed by atoms with Gasteiger partial charge in [0.15, 0.2) is 0 Å². The Kier molecular flexibility index (Phi) is 15.0. The zero-order valence-electron chi connectivity index (χ0n) is 14.5. The smallest absolute Gasteiger partial charge is 0.329 e. The molecule has 0 radical (unpaired) electrons. The summed E-state index contributed by atoms with van der Waals surface area (Å²) in [7, 11) is 0. The van der Waals surface area contributed by atoms with E-state index in [9.17, 15) is 4.79 Å². The van der Waals surface area contributed by atoms with Crippen LogP contribution in [0, 0.1) is 0 Å². The van der Waals surface area contributed by atoms with Crippen LogP contribution in [0.3, 0.4) is 0 Å². The molecular weight excluding hydrogens is 262 g/mol. The number of nitrogens with one attached hydrogen (secondary N) is 2. The maximum absolute atomic E-state index is 11.6. The molecular formula is C17H37N3O. The van der Waals surface area contributed by atoms with E-state index >= 15 is 0 Å². The predicted molar refractivity (Wildman–Crippen MR) is 91.3 cm³/mol. The van der Waals surface area contributed by atoms with Crippen molar-refractivity contribution in [3.05, 3.63) is 0 Å². The number of carbonyl (C=O) groups excluding carboxylic acids is 1. The van der Waals surface area contributed by atoms with Crippen LogP contribution in [-0.2, 0) is 0 Å². The van der Waals surface area contributed by atoms with E-state index < -0.39 is 0 Å². The Morgan fingerprint density at radius 1 is 0.762 bits per heavy atom. The lowest BCUT2D eigenvalue weighted by atomic mass is 10.1. The van der Waals surface area contributed by atoms with Gasteiger partial charge in [-0.25, -0.2) is 9.80 Å². The van der Waals surface area contributed by atoms with Crippen molar-refractivity contribution in [2.75, 3.05) is 19.6 Å². The van der Waals surface area contributed by atoms with Crippen LogP contribution >= 0.6 is 0 Å². The zero-order chi connectivity index (χ0) is 15.8. The molecule has 0 rings (SSSR count). The maximum Gasteiger partial charge on any atom is 0.329 e. The molecule has 0 spiro atoms. The van der Waals surface area contributed by atoms with E-state index in [4.69, 9.17) is 0 Å². The second kappa shape index (κ2) is 15.6. The molecule has 0 aromatic heterocycles. The monoisotopic (exact) mass is 299 g/mol. The van der Waals surface area contributed by atoms with Gasteiger partial charge >= 0.3 is 6.03 Å². The molecule has 0 heterocycles. The topological polar surface area (TPSA) is 44.4 Å². The fourth-order valence-electron chi connectivity index (χ4n) is 2.38. The molecule has 4 nitrogen and oxygen atoms in total. The summed E-state index contributed by atoms with van der Waals surface area (Å²) >= 11 is 0. The molecule has 0 atom stereocenters. The van der Waals surface area contributed by atoms with E-state index in [1.165, 1.54) is 57.8 Å². The van der Waals surface area contributed by atoms with E-state index in [1.54, 1.807) is 0 Å². The lowest BCUT2D eigenvalue weighted by Gasteiger charge is -2.19. The van der Waals surface area contributed by atoms with Crippen LogP contribution in [0.1, 0.15) is 85.0 Å². The molecule has 0 aliphatic rings. The maximum atomic E-state index is 11.6. The Bertz CT molecular complexity index is 230. The Labute approximate surface area is 132 Å². The molecule has 0 bridgehead atoms. The number of hydrogen-bond acceptors (Lipinski definition) is 2. The van der Waals surface area contributed by atoms with Gasteiger partial charge in [-0.05, 0) is 6.42 Å². The molecule has 0 aromatic rings. The number of urea groups is 1. The van der Waals surface area contributed by atoms with E-state index in [-0.39, 0.29) is 6.03 Å². The average molecular weight is 300 g/mol. The molecule has 0 aromatic carbocycles. The summed E-state index contributed by atoms with van der Waals surface area (Å²) in [6, 6.07) is -0.0744. The van der Waals surface area contributed by atoms with Gasteiger partial charge in [-0.2, -0.15) is 0 Å². The Hall–Kier alpha value is -0.770. The third-order valence-electron chi connectivity index (χ3n) is 3.84. The second-order valence-electron chi connectivity index (χ2n) is 5.72. The van der Waals surface area contributed by atoms with Gasteiger partial charge in [0, 0.05) is 19.6 Å². The van der Waals surface area contributed by atoms with E-state index in [0.717, 1.165) is 26.1 Å². The summed E-state index contributed by atoms with van der Waals surface area (Å²) in [5, 5.41) is 4.81. The van der Waals surface area contributed by atoms with Crippen LogP contribution in [-0.4, -0.2) is 30.7 Å². The van der Waals surface area contributed by atoms with Gasteiger partial charge in [0.05, 0.1) is 0 Å². The van der Waals surface area contributed by atoms with E-state index in [0.29, 0.717) is 0 Å². The lowest BCUT2D eigenvalue weighted by Crippen LogP contribution is -2.47. The Balaban J connectivity index is 3.23. The van der Waals surface area contributed by atoms with Crippen LogP contribution in [0.25, 0.3) is 0 Å². The number of carbonyl (C=O) groups is 1. The number of hydrazine groups is 1. The standard InChI is InChI=1S/C17H37N3O/c1-4-7-8-9-10-11-12-13-14-15-16-18-17(21)19-20(5-2)6-3/h4-16H2,1-3H3,(H2,18,19,21). The number of rotatable bonds is 14. The molecule has 0 fully saturated rings. The highest BCUT2D eigenvalue weighted by Crippen LogP contribution is 2.10. The van der Waals surface area contributed by atoms with Crippen molar-refractivity contribution in [3.8, 4) is 0 Å². The number of amides is 2. The third-order valence-corrected chi connectivity index (χ3v) is 3.84. The first-order valence-electron chi connectivity index (χ1n) is 9.04. The highest BCUT2D eigenvalue weighted by molar-refractivity contribution is 5.73. The minimum Gasteiger partial charge on any atom is -0.337 e. The SMILES string of the molecule is CCCCCCCCCCCCNC(=O)NN(CC)CC. The Morgan fingerprint density at radius 2 is 1.24 bits per heavy atom. The predicted octanol–water partition coefficient (Wildman–Crippen LogP) is 4.46. The summed E-state index contributed by atoms with van der Waals surface area (Å²) < 4.78 is 0. The number of hydrogen-bond donors (Lipinski definition) is 2. The van der Waals surface area contributed by atoms with Crippen molar-refractivity contribution in [2.24, 2.45) is 0 Å². The van der Waals surface area contributed by atoms with Crippen molar-refractivity contribution in [2.45, 2.75) is 85.0 Å². The highest BCUT2D eigenvalue weighted by atomic mass is 16.2. The number of unbranched alkanes of at least 4 members (excludes halogenated alkanes) is 9. The number of nitrogens with zero attached hydrogens (tertiary/aromatic N) is 1. The van der Waals surface area contributed by atoms with Crippen LogP contribution < -0.4 is 10.7 Å². The van der Waals surface area contributed by atoms with Gasteiger partial charge in [-0.1, -0.05) is 78.6 Å². The summed E-state index contributed by atoms with van der Waals surface area (Å²) in [6.07, 6.45) is 13.2. The van der Waals surface area contributed by atoms with Gasteiger partial charge in [-0.15, -0.1) is 0 Å². The summed E-state index contributed by atoms with van der Waals surface area (Å²) in [5.74, 6) is 0. The van der Waals surface area contributed by atoms with Crippen molar-refractivity contribution in [1.82, 2.24) is 15.8 Å². The van der Waals surface area contributed by atoms with Gasteiger partial charge in [0.1, 0.15) is 0 Å². The van der Waals surface area contributed by atoms with Gasteiger partial charge in [-0.3, -0.25) is 5.43 Å². The first-order chi connectivity index (χ1) is 10.2. The molecule has 126 valence electrons. The minimum absolute atomic E-state index is 0.0744. The first kappa shape index (κ1) is 20.2. The molecule has 2 N–H and O–H groups in total. The van der Waals surface area contributed by atoms with Crippen LogP contribution in [0.4, 0.5) is 4.79 Å². The zero-order valence-corrected chi connectivity index (χ0v) is 14.5. The fraction of sp³-hybridized carbons (Fsp3) is 0.941. The molecule has 4 heteroatoms. The molecule has 21 heavy (non-hydrogen) atoms. The summed E-state index contributed by atoms with van der Waals surface area (Å²) in [5.41, 5.74) is 2.84. The van der Waals surface area contributed by atoms with Gasteiger partial charge in [0.2, 0.25) is 0 Å². The van der Waals surface area contributed by atoms with Crippen LogP contribution in [0.5, 0.6) is 0 Å². The second-order valence-corrected chi connectivity index (χ2v) is 5.72. The van der Waals surface area contributed by atoms with Crippen molar-refractivity contribution < 1.29 is 4.79 Å². The first-order valence-corrected chi connectivity index (χ1v) is 9.04. The third kappa shape index (κ3) is 13.9. The van der Waals surface area contributed by atoms with E-state index in [2.05, 4.69) is 17.7 Å². The molecule has 0 unspecified atom stereocenters. The molecule has 0 saturated carbocycles. The molecule has 0 aliphatic carbocycles. The minimum atomic E-state index is -0.0744. The molecule has 0 saturated heterocycles. The van der Waals surface area contributed by atoms with Gasteiger partial charge < -0.3 is 5.32 Å². The Morgan fingerprint density at radius 3 is 1.71 bits per heavy atom. The average Bonchev–Trinajstić information content (AvgIpc) is 2.50. The van der Waals surface area contributed by atoms with Crippen LogP contribution in [0.2, 0.25) is 0 Å². The molecule has 2 amide bonds. The van der Waals surface area contributed by atoms with Crippen molar-refractivity contribution >= 4 is 6.03 Å². The normalized spacial score (nSPS) is 10.9. The highest BCUT2D eigenvalue weighted by Gasteiger charge is 2.03. The summed E-state index contributed by atoms with van der Waals surface area (Å²) in [6.45, 7) is 8.78. The van der Waals surface area contributed by atoms with Crippen LogP contribution in [0.15, 0.2) is 0 Å². The largest absolute Gasteiger partial charge is 0.337 e. The van der Waals surface area contributed by atoms with Crippen molar-refractivity contribution in [1.29, 1.82) is 0 Å². The fourth-order valence-corrected chi connectivity index (χ4v) is 2.38. The van der Waals surface area contributed by atoms with E-state index in [1.807, 2.05) is 18.9 Å². The van der Waals surface area contributed by atoms with Crippen molar-refractivity contribution in [3.63, 3.8) is 0 Å².